The summed E-state index contributed by atoms with van der Waals surface area (Å²) in [6, 6.07) is 15.2. The van der Waals surface area contributed by atoms with Crippen LogP contribution in [0.15, 0.2) is 60.7 Å². The lowest BCUT2D eigenvalue weighted by atomic mass is 9.99. The Labute approximate surface area is 193 Å². The molecule has 0 saturated carbocycles. The van der Waals surface area contributed by atoms with Crippen molar-refractivity contribution in [1.82, 2.24) is 16.0 Å². The van der Waals surface area contributed by atoms with Gasteiger partial charge >= 0.3 is 5.97 Å². The Hall–Kier alpha value is -3.68. The third kappa shape index (κ3) is 8.40. The summed E-state index contributed by atoms with van der Waals surface area (Å²) in [5, 5.41) is 17.4. The van der Waals surface area contributed by atoms with Gasteiger partial charge in [-0.15, -0.1) is 0 Å². The monoisotopic (exact) mass is 453 g/mol. The second-order valence-corrected chi connectivity index (χ2v) is 8.26. The topological polar surface area (TPSA) is 125 Å². The summed E-state index contributed by atoms with van der Waals surface area (Å²) >= 11 is 0. The van der Waals surface area contributed by atoms with E-state index in [2.05, 4.69) is 16.0 Å². The predicted molar refractivity (Wildman–Crippen MR) is 124 cm³/mol. The van der Waals surface area contributed by atoms with Gasteiger partial charge in [0, 0.05) is 19.8 Å². The molecule has 0 heterocycles. The molecular formula is C25H31N3O5. The van der Waals surface area contributed by atoms with Crippen molar-refractivity contribution in [3.8, 4) is 0 Å². The molecule has 2 aromatic rings. The SMILES string of the molecule is CC(=O)N[C@@H](Cc1ccccc1)C(=O)N[C@H](C(=O)N[C@@H](Cc1ccccc1)C(=O)O)C(C)C. The first kappa shape index (κ1) is 25.6. The third-order valence-electron chi connectivity index (χ3n) is 5.12. The minimum atomic E-state index is -1.17. The molecule has 4 N–H and O–H groups in total. The van der Waals surface area contributed by atoms with E-state index in [0.717, 1.165) is 11.1 Å². The molecule has 0 radical (unpaired) electrons. The summed E-state index contributed by atoms with van der Waals surface area (Å²) in [4.78, 5) is 49.3. The second-order valence-electron chi connectivity index (χ2n) is 8.26. The average molecular weight is 454 g/mol. The van der Waals surface area contributed by atoms with E-state index in [0.29, 0.717) is 0 Å². The second kappa shape index (κ2) is 12.4. The van der Waals surface area contributed by atoms with Gasteiger partial charge in [0.1, 0.15) is 18.1 Å². The van der Waals surface area contributed by atoms with Gasteiger partial charge in [-0.2, -0.15) is 0 Å². The molecular weight excluding hydrogens is 422 g/mol. The standard InChI is InChI=1S/C25H31N3O5/c1-16(2)22(24(31)27-21(25(32)33)15-19-12-8-5-9-13-19)28-23(30)20(26-17(3)29)14-18-10-6-4-7-11-18/h4-13,16,20-22H,14-15H2,1-3H3,(H,26,29)(H,27,31)(H,28,30)(H,32,33)/t20-,21-,22-/m0/s1. The molecule has 3 atom stereocenters. The zero-order chi connectivity index (χ0) is 24.4. The van der Waals surface area contributed by atoms with Crippen molar-refractivity contribution in [3.63, 3.8) is 0 Å². The molecule has 3 amide bonds. The first-order chi connectivity index (χ1) is 15.7. The summed E-state index contributed by atoms with van der Waals surface area (Å²) in [6.45, 7) is 4.82. The fraction of sp³-hybridized carbons (Fsp3) is 0.360. The van der Waals surface area contributed by atoms with E-state index >= 15 is 0 Å². The predicted octanol–water partition coefficient (Wildman–Crippen LogP) is 1.69. The third-order valence-corrected chi connectivity index (χ3v) is 5.12. The van der Waals surface area contributed by atoms with E-state index in [9.17, 15) is 24.3 Å². The van der Waals surface area contributed by atoms with Crippen molar-refractivity contribution >= 4 is 23.7 Å². The van der Waals surface area contributed by atoms with E-state index in [4.69, 9.17) is 0 Å². The maximum Gasteiger partial charge on any atom is 0.326 e. The molecule has 176 valence electrons. The highest BCUT2D eigenvalue weighted by Crippen LogP contribution is 2.09. The molecule has 2 aromatic carbocycles. The highest BCUT2D eigenvalue weighted by molar-refractivity contribution is 5.93. The van der Waals surface area contributed by atoms with E-state index in [1.165, 1.54) is 6.92 Å². The van der Waals surface area contributed by atoms with Gasteiger partial charge in [-0.25, -0.2) is 4.79 Å². The van der Waals surface area contributed by atoms with Crippen LogP contribution in [-0.4, -0.2) is 46.9 Å². The summed E-state index contributed by atoms with van der Waals surface area (Å²) in [7, 11) is 0. The number of carboxylic acids is 1. The maximum atomic E-state index is 13.0. The largest absolute Gasteiger partial charge is 0.480 e. The Bertz CT molecular complexity index is 947. The molecule has 8 nitrogen and oxygen atoms in total. The van der Waals surface area contributed by atoms with E-state index in [1.54, 1.807) is 38.1 Å². The van der Waals surface area contributed by atoms with Crippen molar-refractivity contribution in [1.29, 1.82) is 0 Å². The Morgan fingerprint density at radius 1 is 0.727 bits per heavy atom. The van der Waals surface area contributed by atoms with Crippen molar-refractivity contribution in [2.75, 3.05) is 0 Å². The first-order valence-corrected chi connectivity index (χ1v) is 10.9. The van der Waals surface area contributed by atoms with Crippen LogP contribution in [0.2, 0.25) is 0 Å². The van der Waals surface area contributed by atoms with Gasteiger partial charge in [-0.3, -0.25) is 14.4 Å². The van der Waals surface area contributed by atoms with Crippen LogP contribution < -0.4 is 16.0 Å². The molecule has 8 heteroatoms. The lowest BCUT2D eigenvalue weighted by Gasteiger charge is -2.26. The van der Waals surface area contributed by atoms with Crippen LogP contribution in [-0.2, 0) is 32.0 Å². The van der Waals surface area contributed by atoms with Gasteiger partial charge in [0.25, 0.3) is 0 Å². The normalized spacial score (nSPS) is 13.5. The number of hydrogen-bond donors (Lipinski definition) is 4. The van der Waals surface area contributed by atoms with Crippen molar-refractivity contribution < 1.29 is 24.3 Å². The molecule has 2 rings (SSSR count). The molecule has 0 aliphatic heterocycles. The summed E-state index contributed by atoms with van der Waals surface area (Å²) in [5.74, 6) is -2.96. The minimum Gasteiger partial charge on any atom is -0.480 e. The number of benzene rings is 2. The van der Waals surface area contributed by atoms with Gasteiger partial charge in [0.05, 0.1) is 0 Å². The highest BCUT2D eigenvalue weighted by Gasteiger charge is 2.31. The van der Waals surface area contributed by atoms with E-state index in [-0.39, 0.29) is 24.7 Å². The van der Waals surface area contributed by atoms with E-state index in [1.807, 2.05) is 36.4 Å². The number of amides is 3. The first-order valence-electron chi connectivity index (χ1n) is 10.9. The number of carbonyl (C=O) groups excluding carboxylic acids is 3. The molecule has 0 spiro atoms. The lowest BCUT2D eigenvalue weighted by Crippen LogP contribution is -2.57. The van der Waals surface area contributed by atoms with Crippen LogP contribution in [0.1, 0.15) is 31.9 Å². The Morgan fingerprint density at radius 3 is 1.64 bits per heavy atom. The molecule has 0 unspecified atom stereocenters. The number of carbonyl (C=O) groups is 4. The fourth-order valence-corrected chi connectivity index (χ4v) is 3.40. The Kier molecular flexibility index (Phi) is 9.60. The molecule has 0 aromatic heterocycles. The molecule has 0 aliphatic rings. The molecule has 0 saturated heterocycles. The molecule has 0 aliphatic carbocycles. The van der Waals surface area contributed by atoms with Gasteiger partial charge in [0.2, 0.25) is 17.7 Å². The van der Waals surface area contributed by atoms with Crippen LogP contribution in [0, 0.1) is 5.92 Å². The number of rotatable bonds is 11. The van der Waals surface area contributed by atoms with Crippen LogP contribution in [0.25, 0.3) is 0 Å². The zero-order valence-electron chi connectivity index (χ0n) is 19.1. The van der Waals surface area contributed by atoms with Gasteiger partial charge < -0.3 is 21.1 Å². The smallest absolute Gasteiger partial charge is 0.326 e. The molecule has 0 fully saturated rings. The van der Waals surface area contributed by atoms with Crippen LogP contribution in [0.4, 0.5) is 0 Å². The van der Waals surface area contributed by atoms with Crippen LogP contribution in [0.3, 0.4) is 0 Å². The molecule has 33 heavy (non-hydrogen) atoms. The van der Waals surface area contributed by atoms with Crippen molar-refractivity contribution in [2.45, 2.75) is 51.7 Å². The minimum absolute atomic E-state index is 0.114. The summed E-state index contributed by atoms with van der Waals surface area (Å²) < 4.78 is 0. The maximum absolute atomic E-state index is 13.0. The van der Waals surface area contributed by atoms with E-state index < -0.39 is 35.9 Å². The summed E-state index contributed by atoms with van der Waals surface area (Å²) in [6.07, 6.45) is 0.369. The fourth-order valence-electron chi connectivity index (χ4n) is 3.40. The van der Waals surface area contributed by atoms with Crippen molar-refractivity contribution in [2.24, 2.45) is 5.92 Å². The van der Waals surface area contributed by atoms with Crippen molar-refractivity contribution in [3.05, 3.63) is 71.8 Å². The average Bonchev–Trinajstić information content (AvgIpc) is 2.77. The summed E-state index contributed by atoms with van der Waals surface area (Å²) in [5.41, 5.74) is 1.62. The van der Waals surface area contributed by atoms with Crippen LogP contribution in [0.5, 0.6) is 0 Å². The van der Waals surface area contributed by atoms with Gasteiger partial charge in [0.15, 0.2) is 0 Å². The Morgan fingerprint density at radius 2 is 1.21 bits per heavy atom. The lowest BCUT2D eigenvalue weighted by molar-refractivity contribution is -0.142. The number of carboxylic acid groups (broad SMARTS) is 1. The van der Waals surface area contributed by atoms with Gasteiger partial charge in [-0.1, -0.05) is 74.5 Å². The highest BCUT2D eigenvalue weighted by atomic mass is 16.4. The number of aliphatic carboxylic acids is 1. The molecule has 0 bridgehead atoms. The Balaban J connectivity index is 2.12. The van der Waals surface area contributed by atoms with Crippen LogP contribution >= 0.6 is 0 Å². The zero-order valence-corrected chi connectivity index (χ0v) is 19.1. The number of nitrogens with one attached hydrogen (secondary N) is 3. The van der Waals surface area contributed by atoms with Gasteiger partial charge in [-0.05, 0) is 17.0 Å². The quantitative estimate of drug-likeness (QED) is 0.412. The number of hydrogen-bond acceptors (Lipinski definition) is 4.